The van der Waals surface area contributed by atoms with Crippen molar-refractivity contribution < 1.29 is 22.6 Å². The Morgan fingerprint density at radius 2 is 1.59 bits per heavy atom. The molecule has 1 aliphatic heterocycles. The molecule has 0 spiro atoms. The second kappa shape index (κ2) is 10.9. The highest BCUT2D eigenvalue weighted by Gasteiger charge is 2.31. The quantitative estimate of drug-likeness (QED) is 0.463. The molecule has 1 N–H and O–H groups in total. The summed E-state index contributed by atoms with van der Waals surface area (Å²) in [7, 11) is 0. The zero-order valence-corrected chi connectivity index (χ0v) is 18.2. The van der Waals surface area contributed by atoms with Gasteiger partial charge in [-0.1, -0.05) is 66.7 Å². The fraction of sp³-hybridized carbons (Fsp3) is 0.280. The molecule has 1 aliphatic rings. The Balaban J connectivity index is 0.00000289. The normalized spacial score (nSPS) is 18.6. The molecule has 3 aromatic carbocycles. The smallest absolute Gasteiger partial charge is 0.406 e. The van der Waals surface area contributed by atoms with Gasteiger partial charge in [-0.15, -0.1) is 25.6 Å². The summed E-state index contributed by atoms with van der Waals surface area (Å²) >= 11 is 0. The van der Waals surface area contributed by atoms with E-state index in [9.17, 15) is 13.2 Å². The van der Waals surface area contributed by atoms with Gasteiger partial charge in [-0.2, -0.15) is 0 Å². The fourth-order valence-corrected chi connectivity index (χ4v) is 3.96. The van der Waals surface area contributed by atoms with Crippen LogP contribution in [0.4, 0.5) is 13.2 Å². The van der Waals surface area contributed by atoms with Crippen molar-refractivity contribution in [2.75, 3.05) is 13.1 Å². The van der Waals surface area contributed by atoms with Crippen LogP contribution in [-0.4, -0.2) is 25.6 Å². The molecular weight excluding hydrogens is 439 g/mol. The third-order valence-corrected chi connectivity index (χ3v) is 5.47. The Labute approximate surface area is 192 Å². The Morgan fingerprint density at radius 1 is 0.875 bits per heavy atom. The first-order valence-corrected chi connectivity index (χ1v) is 10.3. The predicted molar refractivity (Wildman–Crippen MR) is 121 cm³/mol. The predicted octanol–water partition coefficient (Wildman–Crippen LogP) is 6.34. The second-order valence-electron chi connectivity index (χ2n) is 7.63. The Bertz CT molecular complexity index is 980. The fourth-order valence-electron chi connectivity index (χ4n) is 3.96. The number of alkyl halides is 3. The van der Waals surface area contributed by atoms with E-state index in [1.807, 2.05) is 18.2 Å². The van der Waals surface area contributed by atoms with Gasteiger partial charge in [-0.3, -0.25) is 0 Å². The summed E-state index contributed by atoms with van der Waals surface area (Å²) in [5.74, 6) is 0.0175. The molecule has 2 atom stereocenters. The van der Waals surface area contributed by atoms with Gasteiger partial charge in [0.2, 0.25) is 0 Å². The number of ether oxygens (including phenoxy) is 2. The van der Waals surface area contributed by atoms with E-state index in [1.165, 1.54) is 28.8 Å². The van der Waals surface area contributed by atoms with Crippen molar-refractivity contribution in [3.63, 3.8) is 0 Å². The number of nitrogens with one attached hydrogen (secondary N) is 1. The molecule has 32 heavy (non-hydrogen) atoms. The Hall–Kier alpha value is -2.54. The molecule has 0 radical (unpaired) electrons. The maximum absolute atomic E-state index is 12.3. The number of hydrogen-bond donors (Lipinski definition) is 1. The van der Waals surface area contributed by atoms with Crippen LogP contribution in [0.15, 0.2) is 78.9 Å². The van der Waals surface area contributed by atoms with Gasteiger partial charge in [0.25, 0.3) is 0 Å². The lowest BCUT2D eigenvalue weighted by molar-refractivity contribution is -0.274. The molecule has 0 aromatic heterocycles. The average Bonchev–Trinajstić information content (AvgIpc) is 2.78. The van der Waals surface area contributed by atoms with E-state index in [2.05, 4.69) is 46.5 Å². The highest BCUT2D eigenvalue weighted by atomic mass is 35.5. The Morgan fingerprint density at radius 3 is 2.31 bits per heavy atom. The number of benzene rings is 3. The van der Waals surface area contributed by atoms with Gasteiger partial charge >= 0.3 is 6.36 Å². The summed E-state index contributed by atoms with van der Waals surface area (Å²) < 4.78 is 47.1. The van der Waals surface area contributed by atoms with Crippen LogP contribution in [0.5, 0.6) is 5.75 Å². The molecule has 0 saturated carbocycles. The Kier molecular flexibility index (Phi) is 8.18. The van der Waals surface area contributed by atoms with Crippen molar-refractivity contribution in [2.24, 2.45) is 0 Å². The van der Waals surface area contributed by atoms with Gasteiger partial charge in [0.15, 0.2) is 0 Å². The van der Waals surface area contributed by atoms with Crippen molar-refractivity contribution in [2.45, 2.75) is 31.4 Å². The monoisotopic (exact) mass is 463 g/mol. The summed E-state index contributed by atoms with van der Waals surface area (Å²) in [6, 6.07) is 24.6. The van der Waals surface area contributed by atoms with Crippen LogP contribution in [0.25, 0.3) is 11.1 Å². The summed E-state index contributed by atoms with van der Waals surface area (Å²) in [4.78, 5) is 0. The molecule has 3 aromatic rings. The van der Waals surface area contributed by atoms with Crippen LogP contribution in [0.3, 0.4) is 0 Å². The lowest BCUT2D eigenvalue weighted by Gasteiger charge is -2.33. The molecule has 170 valence electrons. The highest BCUT2D eigenvalue weighted by Crippen LogP contribution is 2.31. The molecular formula is C25H25ClF3NO2. The minimum Gasteiger partial charge on any atom is -0.406 e. The van der Waals surface area contributed by atoms with Crippen molar-refractivity contribution >= 4 is 12.4 Å². The van der Waals surface area contributed by atoms with Crippen molar-refractivity contribution in [1.29, 1.82) is 0 Å². The third-order valence-electron chi connectivity index (χ3n) is 5.47. The summed E-state index contributed by atoms with van der Waals surface area (Å²) in [5, 5.41) is 3.38. The second-order valence-corrected chi connectivity index (χ2v) is 7.63. The SMILES string of the molecule is Cl.FC(F)(F)Oc1ccc(CO[C@H]2CNCC[C@@H]2c2cccc(-c3ccccc3)c2)cc1. The number of hydrogen-bond acceptors (Lipinski definition) is 3. The van der Waals surface area contributed by atoms with Crippen LogP contribution < -0.4 is 10.1 Å². The van der Waals surface area contributed by atoms with Gasteiger partial charge in [0.05, 0.1) is 12.7 Å². The minimum absolute atomic E-state index is 0. The molecule has 0 unspecified atom stereocenters. The molecule has 0 bridgehead atoms. The zero-order valence-electron chi connectivity index (χ0n) is 17.3. The first-order chi connectivity index (χ1) is 15.0. The van der Waals surface area contributed by atoms with Crippen LogP contribution in [0, 0.1) is 0 Å². The molecule has 3 nitrogen and oxygen atoms in total. The minimum atomic E-state index is -4.69. The van der Waals surface area contributed by atoms with Gasteiger partial charge in [-0.05, 0) is 47.4 Å². The van der Waals surface area contributed by atoms with E-state index >= 15 is 0 Å². The summed E-state index contributed by atoms with van der Waals surface area (Å²) in [5.41, 5.74) is 4.39. The summed E-state index contributed by atoms with van der Waals surface area (Å²) in [6.45, 7) is 1.98. The molecule has 1 fully saturated rings. The van der Waals surface area contributed by atoms with Crippen molar-refractivity contribution in [3.05, 3.63) is 90.0 Å². The topological polar surface area (TPSA) is 30.5 Å². The lowest BCUT2D eigenvalue weighted by atomic mass is 9.86. The molecule has 0 aliphatic carbocycles. The molecule has 4 rings (SSSR count). The van der Waals surface area contributed by atoms with E-state index in [4.69, 9.17) is 4.74 Å². The van der Waals surface area contributed by atoms with E-state index in [0.717, 1.165) is 25.1 Å². The maximum Gasteiger partial charge on any atom is 0.573 e. The van der Waals surface area contributed by atoms with E-state index in [0.29, 0.717) is 6.61 Å². The lowest BCUT2D eigenvalue weighted by Crippen LogP contribution is -2.41. The van der Waals surface area contributed by atoms with Crippen LogP contribution >= 0.6 is 12.4 Å². The average molecular weight is 464 g/mol. The van der Waals surface area contributed by atoms with Gasteiger partial charge in [0, 0.05) is 12.5 Å². The third kappa shape index (κ3) is 6.48. The van der Waals surface area contributed by atoms with Crippen molar-refractivity contribution in [1.82, 2.24) is 5.32 Å². The van der Waals surface area contributed by atoms with Gasteiger partial charge in [0.1, 0.15) is 5.75 Å². The van der Waals surface area contributed by atoms with E-state index in [1.54, 1.807) is 12.1 Å². The zero-order chi connectivity index (χ0) is 21.7. The van der Waals surface area contributed by atoms with Gasteiger partial charge < -0.3 is 14.8 Å². The number of piperidine rings is 1. The number of rotatable bonds is 6. The largest absolute Gasteiger partial charge is 0.573 e. The standard InChI is InChI=1S/C25H24F3NO2.ClH/c26-25(27,28)31-22-11-9-18(10-12-22)17-30-24-16-29-14-13-23(24)21-8-4-7-20(15-21)19-5-2-1-3-6-19;/h1-12,15,23-24,29H,13-14,16-17H2;1H/t23-,24+;/m1./s1. The first-order valence-electron chi connectivity index (χ1n) is 10.3. The van der Waals surface area contributed by atoms with E-state index in [-0.39, 0.29) is 30.2 Å². The van der Waals surface area contributed by atoms with Crippen LogP contribution in [-0.2, 0) is 11.3 Å². The molecule has 7 heteroatoms. The number of halogens is 4. The summed E-state index contributed by atoms with van der Waals surface area (Å²) in [6.07, 6.45) is -3.75. The van der Waals surface area contributed by atoms with E-state index < -0.39 is 6.36 Å². The maximum atomic E-state index is 12.3. The van der Waals surface area contributed by atoms with Crippen LogP contribution in [0.1, 0.15) is 23.5 Å². The highest BCUT2D eigenvalue weighted by molar-refractivity contribution is 5.85. The molecule has 1 saturated heterocycles. The molecule has 1 heterocycles. The first kappa shape index (κ1) is 24.1. The van der Waals surface area contributed by atoms with Crippen LogP contribution in [0.2, 0.25) is 0 Å². The van der Waals surface area contributed by atoms with Crippen molar-refractivity contribution in [3.8, 4) is 16.9 Å². The van der Waals surface area contributed by atoms with Gasteiger partial charge in [-0.25, -0.2) is 0 Å². The molecule has 0 amide bonds.